The quantitative estimate of drug-likeness (QED) is 0.742. The third kappa shape index (κ3) is 1.22. The highest BCUT2D eigenvalue weighted by atomic mass is 15.2. The molecule has 1 aromatic rings. The van der Waals surface area contributed by atoms with E-state index in [2.05, 4.69) is 30.3 Å². The molecule has 3 nitrogen and oxygen atoms in total. The number of hydrogen-bond donors (Lipinski definition) is 1. The average molecular weight is 193 g/mol. The largest absolute Gasteiger partial charge is 0.369 e. The number of fused-ring (bicyclic) bond motifs is 1. The summed E-state index contributed by atoms with van der Waals surface area (Å²) in [6.45, 7) is 7.67. The SMILES string of the molecule is CCn1c(N)nc2c1C(C)C(C)CC2. The molecule has 3 heteroatoms. The Morgan fingerprint density at radius 1 is 1.50 bits per heavy atom. The second-order valence-corrected chi connectivity index (χ2v) is 4.35. The number of nitrogen functional groups attached to an aromatic ring is 1. The highest BCUT2D eigenvalue weighted by Gasteiger charge is 2.28. The molecule has 0 aromatic carbocycles. The molecule has 0 saturated carbocycles. The Morgan fingerprint density at radius 3 is 2.86 bits per heavy atom. The zero-order chi connectivity index (χ0) is 10.3. The first-order valence-electron chi connectivity index (χ1n) is 5.49. The maximum atomic E-state index is 5.89. The van der Waals surface area contributed by atoms with Crippen LogP contribution in [0.4, 0.5) is 5.95 Å². The molecule has 1 aliphatic rings. The summed E-state index contributed by atoms with van der Waals surface area (Å²) >= 11 is 0. The number of hydrogen-bond acceptors (Lipinski definition) is 2. The van der Waals surface area contributed by atoms with Crippen LogP contribution in [0, 0.1) is 5.92 Å². The highest BCUT2D eigenvalue weighted by molar-refractivity contribution is 5.33. The molecule has 0 fully saturated rings. The molecular formula is C11H19N3. The summed E-state index contributed by atoms with van der Waals surface area (Å²) in [5, 5.41) is 0. The summed E-state index contributed by atoms with van der Waals surface area (Å²) in [5.74, 6) is 2.05. The van der Waals surface area contributed by atoms with Gasteiger partial charge in [-0.15, -0.1) is 0 Å². The van der Waals surface area contributed by atoms with Gasteiger partial charge in [-0.05, 0) is 25.7 Å². The van der Waals surface area contributed by atoms with Crippen LogP contribution >= 0.6 is 0 Å². The number of anilines is 1. The van der Waals surface area contributed by atoms with E-state index in [1.165, 1.54) is 17.8 Å². The summed E-state index contributed by atoms with van der Waals surface area (Å²) in [6, 6.07) is 0. The van der Waals surface area contributed by atoms with E-state index in [9.17, 15) is 0 Å². The van der Waals surface area contributed by atoms with E-state index < -0.39 is 0 Å². The maximum absolute atomic E-state index is 5.89. The molecule has 0 bridgehead atoms. The lowest BCUT2D eigenvalue weighted by molar-refractivity contribution is 0.404. The molecule has 1 aromatic heterocycles. The molecule has 1 aliphatic carbocycles. The molecule has 1 heterocycles. The summed E-state index contributed by atoms with van der Waals surface area (Å²) in [7, 11) is 0. The van der Waals surface area contributed by atoms with Gasteiger partial charge in [0, 0.05) is 18.2 Å². The second kappa shape index (κ2) is 3.30. The minimum absolute atomic E-state index is 0.600. The van der Waals surface area contributed by atoms with Gasteiger partial charge in [0.1, 0.15) is 0 Å². The van der Waals surface area contributed by atoms with Crippen LogP contribution in [0.25, 0.3) is 0 Å². The fraction of sp³-hybridized carbons (Fsp3) is 0.727. The number of nitrogens with zero attached hydrogens (tertiary/aromatic N) is 2. The van der Waals surface area contributed by atoms with E-state index in [-0.39, 0.29) is 0 Å². The van der Waals surface area contributed by atoms with Crippen LogP contribution in [0.1, 0.15) is 44.5 Å². The third-order valence-corrected chi connectivity index (χ3v) is 3.55. The molecule has 2 N–H and O–H groups in total. The number of rotatable bonds is 1. The van der Waals surface area contributed by atoms with Crippen LogP contribution < -0.4 is 5.73 Å². The molecule has 78 valence electrons. The van der Waals surface area contributed by atoms with Crippen molar-refractivity contribution in [1.82, 2.24) is 9.55 Å². The lowest BCUT2D eigenvalue weighted by Gasteiger charge is -2.26. The van der Waals surface area contributed by atoms with Gasteiger partial charge in [0.2, 0.25) is 5.95 Å². The molecule has 0 spiro atoms. The van der Waals surface area contributed by atoms with Crippen molar-refractivity contribution in [2.75, 3.05) is 5.73 Å². The van der Waals surface area contributed by atoms with E-state index in [1.807, 2.05) is 0 Å². The highest BCUT2D eigenvalue weighted by Crippen LogP contribution is 2.36. The molecule has 0 saturated heterocycles. The smallest absolute Gasteiger partial charge is 0.200 e. The summed E-state index contributed by atoms with van der Waals surface area (Å²) in [4.78, 5) is 4.45. The first-order valence-corrected chi connectivity index (χ1v) is 5.49. The predicted molar refractivity (Wildman–Crippen MR) is 58.2 cm³/mol. The van der Waals surface area contributed by atoms with Gasteiger partial charge in [-0.25, -0.2) is 4.98 Å². The number of aryl methyl sites for hydroxylation is 1. The normalized spacial score (nSPS) is 26.2. The molecule has 14 heavy (non-hydrogen) atoms. The molecule has 2 rings (SSSR count). The standard InChI is InChI=1S/C11H19N3/c1-4-14-10-8(3)7(2)5-6-9(10)13-11(14)12/h7-8H,4-6H2,1-3H3,(H2,12,13). The zero-order valence-electron chi connectivity index (χ0n) is 9.25. The van der Waals surface area contributed by atoms with Gasteiger partial charge >= 0.3 is 0 Å². The van der Waals surface area contributed by atoms with Crippen LogP contribution in [0.3, 0.4) is 0 Å². The monoisotopic (exact) mass is 193 g/mol. The number of nitrogens with two attached hydrogens (primary N) is 1. The van der Waals surface area contributed by atoms with Gasteiger partial charge in [-0.3, -0.25) is 0 Å². The van der Waals surface area contributed by atoms with Gasteiger partial charge in [-0.1, -0.05) is 13.8 Å². The van der Waals surface area contributed by atoms with Crippen molar-refractivity contribution in [2.24, 2.45) is 5.92 Å². The maximum Gasteiger partial charge on any atom is 0.200 e. The van der Waals surface area contributed by atoms with Crippen molar-refractivity contribution in [3.8, 4) is 0 Å². The Balaban J connectivity index is 2.50. The first kappa shape index (κ1) is 9.56. The van der Waals surface area contributed by atoms with Gasteiger partial charge in [0.15, 0.2) is 0 Å². The van der Waals surface area contributed by atoms with Crippen molar-refractivity contribution in [3.63, 3.8) is 0 Å². The van der Waals surface area contributed by atoms with Crippen LogP contribution in [0.15, 0.2) is 0 Å². The number of aromatic nitrogens is 2. The lowest BCUT2D eigenvalue weighted by Crippen LogP contribution is -2.19. The predicted octanol–water partition coefficient (Wildman–Crippen LogP) is 2.17. The number of imidazole rings is 1. The van der Waals surface area contributed by atoms with Gasteiger partial charge in [0.25, 0.3) is 0 Å². The van der Waals surface area contributed by atoms with Crippen molar-refractivity contribution in [3.05, 3.63) is 11.4 Å². The third-order valence-electron chi connectivity index (χ3n) is 3.55. The molecule has 0 amide bonds. The van der Waals surface area contributed by atoms with E-state index in [0.717, 1.165) is 18.9 Å². The van der Waals surface area contributed by atoms with Crippen LogP contribution in [0.5, 0.6) is 0 Å². The van der Waals surface area contributed by atoms with E-state index in [1.54, 1.807) is 0 Å². The molecule has 2 unspecified atom stereocenters. The Morgan fingerprint density at radius 2 is 2.21 bits per heavy atom. The first-order chi connectivity index (χ1) is 6.65. The second-order valence-electron chi connectivity index (χ2n) is 4.35. The van der Waals surface area contributed by atoms with E-state index in [0.29, 0.717) is 11.9 Å². The summed E-state index contributed by atoms with van der Waals surface area (Å²) in [6.07, 6.45) is 2.34. The minimum Gasteiger partial charge on any atom is -0.369 e. The van der Waals surface area contributed by atoms with Crippen molar-refractivity contribution in [2.45, 2.75) is 46.1 Å². The fourth-order valence-corrected chi connectivity index (χ4v) is 2.44. The zero-order valence-corrected chi connectivity index (χ0v) is 9.25. The van der Waals surface area contributed by atoms with Gasteiger partial charge < -0.3 is 10.3 Å². The molecule has 0 radical (unpaired) electrons. The summed E-state index contributed by atoms with van der Waals surface area (Å²) in [5.41, 5.74) is 8.50. The van der Waals surface area contributed by atoms with Gasteiger partial charge in [0.05, 0.1) is 5.69 Å². The topological polar surface area (TPSA) is 43.8 Å². The van der Waals surface area contributed by atoms with Crippen LogP contribution in [-0.4, -0.2) is 9.55 Å². The van der Waals surface area contributed by atoms with Crippen molar-refractivity contribution >= 4 is 5.95 Å². The molecule has 2 atom stereocenters. The van der Waals surface area contributed by atoms with E-state index in [4.69, 9.17) is 5.73 Å². The Kier molecular flexibility index (Phi) is 2.25. The molecule has 0 aliphatic heterocycles. The Bertz CT molecular complexity index is 341. The Labute approximate surface area is 85.3 Å². The van der Waals surface area contributed by atoms with Crippen molar-refractivity contribution < 1.29 is 0 Å². The minimum atomic E-state index is 0.600. The molecular weight excluding hydrogens is 174 g/mol. The average Bonchev–Trinajstić information content (AvgIpc) is 2.48. The van der Waals surface area contributed by atoms with E-state index >= 15 is 0 Å². The van der Waals surface area contributed by atoms with Gasteiger partial charge in [-0.2, -0.15) is 0 Å². The van der Waals surface area contributed by atoms with Crippen LogP contribution in [0.2, 0.25) is 0 Å². The summed E-state index contributed by atoms with van der Waals surface area (Å²) < 4.78 is 2.16. The fourth-order valence-electron chi connectivity index (χ4n) is 2.44. The van der Waals surface area contributed by atoms with Crippen molar-refractivity contribution in [1.29, 1.82) is 0 Å². The lowest BCUT2D eigenvalue weighted by atomic mass is 9.82. The Hall–Kier alpha value is -0.990. The van der Waals surface area contributed by atoms with Crippen LogP contribution in [-0.2, 0) is 13.0 Å².